The predicted molar refractivity (Wildman–Crippen MR) is 140 cm³/mol. The summed E-state index contributed by atoms with van der Waals surface area (Å²) in [6, 6.07) is 4.85. The van der Waals surface area contributed by atoms with Gasteiger partial charge in [0.2, 0.25) is 5.91 Å². The molecule has 5 rings (SSSR count). The zero-order valence-corrected chi connectivity index (χ0v) is 22.6. The number of nitrogens with zero attached hydrogens (tertiary/aromatic N) is 3. The van der Waals surface area contributed by atoms with Gasteiger partial charge in [-0.3, -0.25) is 14.4 Å². The molecule has 0 aliphatic carbocycles. The third-order valence-electron chi connectivity index (χ3n) is 7.42. The molecule has 0 spiro atoms. The molecule has 3 aliphatic rings. The number of hydrogen-bond acceptors (Lipinski definition) is 7. The average Bonchev–Trinajstić information content (AvgIpc) is 3.61. The fraction of sp³-hybridized carbons (Fsp3) is 0.556. The number of ketones is 1. The highest BCUT2D eigenvalue weighted by molar-refractivity contribution is 7.14. The molecule has 3 saturated heterocycles. The van der Waals surface area contributed by atoms with Crippen LogP contribution in [0.2, 0.25) is 0 Å². The molecule has 0 unspecified atom stereocenters. The summed E-state index contributed by atoms with van der Waals surface area (Å²) in [5, 5.41) is 5.31. The van der Waals surface area contributed by atoms with E-state index in [1.807, 2.05) is 24.1 Å². The number of anilines is 1. The second-order valence-electron chi connectivity index (χ2n) is 10.8. The summed E-state index contributed by atoms with van der Waals surface area (Å²) in [5.41, 5.74) is 1.78. The van der Waals surface area contributed by atoms with Crippen LogP contribution in [0.5, 0.6) is 0 Å². The van der Waals surface area contributed by atoms with Crippen LogP contribution in [0.25, 0.3) is 11.3 Å². The number of fused-ring (bicyclic) bond motifs is 1. The van der Waals surface area contributed by atoms with Gasteiger partial charge in [-0.15, -0.1) is 11.3 Å². The molecular formula is C27H31F3N4O4S. The summed E-state index contributed by atoms with van der Waals surface area (Å²) in [4.78, 5) is 46.4. The number of likely N-dealkylation sites (tertiary alicyclic amines) is 1. The van der Waals surface area contributed by atoms with Crippen molar-refractivity contribution in [1.82, 2.24) is 15.2 Å². The zero-order chi connectivity index (χ0) is 27.9. The van der Waals surface area contributed by atoms with Gasteiger partial charge in [-0.05, 0) is 24.5 Å². The van der Waals surface area contributed by atoms with E-state index in [0.717, 1.165) is 5.56 Å². The number of halogens is 3. The molecule has 1 aromatic heterocycles. The zero-order valence-electron chi connectivity index (χ0n) is 21.7. The Bertz CT molecular complexity index is 1230. The number of aromatic nitrogens is 1. The van der Waals surface area contributed by atoms with Gasteiger partial charge in [-0.2, -0.15) is 0 Å². The molecule has 3 aliphatic heterocycles. The van der Waals surface area contributed by atoms with Crippen molar-refractivity contribution in [2.45, 2.75) is 63.4 Å². The highest BCUT2D eigenvalue weighted by Gasteiger charge is 2.53. The minimum Gasteiger partial charge on any atom is -0.365 e. The summed E-state index contributed by atoms with van der Waals surface area (Å²) in [5.74, 6) is -3.85. The SMILES string of the molecule is CC(C)C[C@H](NC(=O)c1ccc(-c2csc(N3CCC(F)(F)CC3)n2)cc1)C(=O)N1C[C@H](F)[C@H]2OCC(=O)[C@H]21. The van der Waals surface area contributed by atoms with Crippen LogP contribution in [-0.4, -0.2) is 84.0 Å². The maximum absolute atomic E-state index is 14.4. The Kier molecular flexibility index (Phi) is 7.69. The van der Waals surface area contributed by atoms with Crippen LogP contribution in [0, 0.1) is 5.92 Å². The van der Waals surface area contributed by atoms with Gasteiger partial charge in [0.15, 0.2) is 10.9 Å². The number of nitrogens with one attached hydrogen (secondary N) is 1. The number of alkyl halides is 3. The Balaban J connectivity index is 1.25. The first-order valence-electron chi connectivity index (χ1n) is 13.1. The number of hydrogen-bond donors (Lipinski definition) is 1. The van der Waals surface area contributed by atoms with Gasteiger partial charge >= 0.3 is 0 Å². The lowest BCUT2D eigenvalue weighted by molar-refractivity contribution is -0.138. The Morgan fingerprint density at radius 3 is 2.56 bits per heavy atom. The Morgan fingerprint density at radius 2 is 1.90 bits per heavy atom. The molecule has 0 bridgehead atoms. The first kappa shape index (κ1) is 27.6. The van der Waals surface area contributed by atoms with E-state index < -0.39 is 42.1 Å². The van der Waals surface area contributed by atoms with Gasteiger partial charge in [0.05, 0.1) is 12.2 Å². The molecule has 0 radical (unpaired) electrons. The van der Waals surface area contributed by atoms with E-state index in [1.165, 1.54) is 16.2 Å². The first-order chi connectivity index (χ1) is 18.5. The monoisotopic (exact) mass is 564 g/mol. The van der Waals surface area contributed by atoms with Crippen molar-refractivity contribution in [1.29, 1.82) is 0 Å². The lowest BCUT2D eigenvalue weighted by atomic mass is 10.0. The van der Waals surface area contributed by atoms with Crippen molar-refractivity contribution < 1.29 is 32.3 Å². The topological polar surface area (TPSA) is 91.8 Å². The number of benzene rings is 1. The predicted octanol–water partition coefficient (Wildman–Crippen LogP) is 3.71. The van der Waals surface area contributed by atoms with Crippen LogP contribution in [0.15, 0.2) is 29.6 Å². The highest BCUT2D eigenvalue weighted by Crippen LogP contribution is 2.34. The number of rotatable bonds is 7. The minimum absolute atomic E-state index is 0.0571. The molecule has 39 heavy (non-hydrogen) atoms. The van der Waals surface area contributed by atoms with E-state index in [0.29, 0.717) is 22.8 Å². The average molecular weight is 565 g/mol. The fourth-order valence-electron chi connectivity index (χ4n) is 5.32. The first-order valence-corrected chi connectivity index (χ1v) is 14.0. The molecule has 3 fully saturated rings. The smallest absolute Gasteiger partial charge is 0.251 e. The summed E-state index contributed by atoms with van der Waals surface area (Å²) in [6.07, 6.45) is -2.46. The van der Waals surface area contributed by atoms with E-state index in [-0.39, 0.29) is 50.8 Å². The van der Waals surface area contributed by atoms with Crippen molar-refractivity contribution in [3.63, 3.8) is 0 Å². The largest absolute Gasteiger partial charge is 0.365 e. The summed E-state index contributed by atoms with van der Waals surface area (Å²) < 4.78 is 46.6. The third-order valence-corrected chi connectivity index (χ3v) is 8.32. The quantitative estimate of drug-likeness (QED) is 0.552. The summed E-state index contributed by atoms with van der Waals surface area (Å²) in [6.45, 7) is 3.86. The number of carbonyl (C=O) groups is 3. The number of piperidine rings is 1. The summed E-state index contributed by atoms with van der Waals surface area (Å²) >= 11 is 1.39. The van der Waals surface area contributed by atoms with Crippen molar-refractivity contribution in [3.8, 4) is 11.3 Å². The molecule has 1 aromatic carbocycles. The Hall–Kier alpha value is -2.99. The maximum Gasteiger partial charge on any atom is 0.251 e. The molecule has 0 saturated carbocycles. The van der Waals surface area contributed by atoms with E-state index in [4.69, 9.17) is 4.74 Å². The number of ether oxygens (including phenoxy) is 1. The van der Waals surface area contributed by atoms with Crippen molar-refractivity contribution in [3.05, 3.63) is 35.2 Å². The Morgan fingerprint density at radius 1 is 1.21 bits per heavy atom. The van der Waals surface area contributed by atoms with Crippen molar-refractivity contribution >= 4 is 34.1 Å². The number of thiazole rings is 1. The highest BCUT2D eigenvalue weighted by atomic mass is 32.1. The lowest BCUT2D eigenvalue weighted by Crippen LogP contribution is -2.52. The second-order valence-corrected chi connectivity index (χ2v) is 11.6. The van der Waals surface area contributed by atoms with E-state index in [9.17, 15) is 27.6 Å². The van der Waals surface area contributed by atoms with E-state index in [2.05, 4.69) is 10.3 Å². The van der Waals surface area contributed by atoms with Gasteiger partial charge in [-0.25, -0.2) is 18.2 Å². The number of carbonyl (C=O) groups excluding carboxylic acids is 3. The molecule has 1 N–H and O–H groups in total. The Labute approximate surface area is 228 Å². The fourth-order valence-corrected chi connectivity index (χ4v) is 6.21. The normalized spacial score (nSPS) is 25.2. The second kappa shape index (κ2) is 10.9. The molecule has 210 valence electrons. The molecule has 4 heterocycles. The molecule has 2 amide bonds. The lowest BCUT2D eigenvalue weighted by Gasteiger charge is -2.31. The molecule has 8 nitrogen and oxygen atoms in total. The van der Waals surface area contributed by atoms with E-state index in [1.54, 1.807) is 24.3 Å². The maximum atomic E-state index is 14.4. The van der Waals surface area contributed by atoms with Crippen LogP contribution >= 0.6 is 11.3 Å². The molecule has 12 heteroatoms. The molecule has 2 aromatic rings. The van der Waals surface area contributed by atoms with Gasteiger partial charge < -0.3 is 19.9 Å². The van der Waals surface area contributed by atoms with Crippen molar-refractivity contribution in [2.24, 2.45) is 5.92 Å². The van der Waals surface area contributed by atoms with Gasteiger partial charge in [0, 0.05) is 42.4 Å². The summed E-state index contributed by atoms with van der Waals surface area (Å²) in [7, 11) is 0. The molecular weight excluding hydrogens is 533 g/mol. The minimum atomic E-state index is -2.62. The van der Waals surface area contributed by atoms with Gasteiger partial charge in [-0.1, -0.05) is 26.0 Å². The van der Waals surface area contributed by atoms with Crippen LogP contribution in [0.3, 0.4) is 0 Å². The van der Waals surface area contributed by atoms with Gasteiger partial charge in [0.1, 0.15) is 31.0 Å². The van der Waals surface area contributed by atoms with E-state index >= 15 is 0 Å². The number of Topliss-reactive ketones (excluding diaryl/α,β-unsaturated/α-hetero) is 1. The van der Waals surface area contributed by atoms with Crippen LogP contribution in [-0.2, 0) is 14.3 Å². The number of amides is 2. The van der Waals surface area contributed by atoms with Crippen LogP contribution < -0.4 is 10.2 Å². The van der Waals surface area contributed by atoms with Crippen LogP contribution in [0.4, 0.5) is 18.3 Å². The van der Waals surface area contributed by atoms with Gasteiger partial charge in [0.25, 0.3) is 11.8 Å². The standard InChI is InChI=1S/C27H31F3N4O4S/c1-15(2)11-19(25(37)34-12-18(28)23-22(34)21(35)13-38-23)31-24(36)17-5-3-16(4-6-17)20-14-39-26(32-20)33-9-7-27(29,30)8-10-33/h3-6,14-15,18-19,22-23H,7-13H2,1-2H3,(H,31,36)/t18-,19-,22+,23+/m0/s1. The van der Waals surface area contributed by atoms with Crippen LogP contribution in [0.1, 0.15) is 43.5 Å². The third kappa shape index (κ3) is 5.81. The van der Waals surface area contributed by atoms with Crippen molar-refractivity contribution in [2.75, 3.05) is 31.1 Å². The molecule has 4 atom stereocenters.